The maximum Gasteiger partial charge on any atom is 0.336 e. The fourth-order valence-electron chi connectivity index (χ4n) is 3.53. The van der Waals surface area contributed by atoms with Crippen molar-refractivity contribution in [1.82, 2.24) is 0 Å². The number of carbonyl (C=O) groups is 3. The zero-order chi connectivity index (χ0) is 29.1. The highest BCUT2D eigenvalue weighted by atomic mass is 19.1. The molecule has 0 aromatic heterocycles. The normalized spacial score (nSPS) is 10.7. The molecule has 3 aromatic carbocycles. The van der Waals surface area contributed by atoms with Crippen molar-refractivity contribution < 1.29 is 33.0 Å². The average Bonchev–Trinajstić information content (AvgIpc) is 2.93. The molecule has 7 heteroatoms. The monoisotopic (exact) mass is 542 g/mol. The van der Waals surface area contributed by atoms with E-state index in [9.17, 15) is 18.8 Å². The van der Waals surface area contributed by atoms with Gasteiger partial charge < -0.3 is 14.2 Å². The molecular weight excluding hydrogens is 511 g/mol. The van der Waals surface area contributed by atoms with Crippen LogP contribution in [0.5, 0.6) is 5.75 Å². The third kappa shape index (κ3) is 9.20. The van der Waals surface area contributed by atoms with E-state index in [-0.39, 0.29) is 13.2 Å². The number of benzene rings is 3. The van der Waals surface area contributed by atoms with Crippen molar-refractivity contribution >= 4 is 24.0 Å². The van der Waals surface area contributed by atoms with Gasteiger partial charge in [-0.1, -0.05) is 61.7 Å². The molecule has 0 fully saturated rings. The molecule has 0 aliphatic heterocycles. The molecule has 3 aromatic rings. The second-order valence-electron chi connectivity index (χ2n) is 9.17. The quantitative estimate of drug-likeness (QED) is 0.149. The Morgan fingerprint density at radius 1 is 0.775 bits per heavy atom. The fraction of sp³-hybridized carbons (Fsp3) is 0.182. The lowest BCUT2D eigenvalue weighted by Crippen LogP contribution is -2.08. The summed E-state index contributed by atoms with van der Waals surface area (Å²) in [6.45, 7) is 10.7. The number of esters is 3. The third-order valence-electron chi connectivity index (χ3n) is 5.76. The maximum absolute atomic E-state index is 14.8. The molecule has 0 radical (unpaired) electrons. The maximum atomic E-state index is 14.8. The van der Waals surface area contributed by atoms with Crippen LogP contribution in [-0.2, 0) is 36.7 Å². The summed E-state index contributed by atoms with van der Waals surface area (Å²) in [5.74, 6) is -1.53. The molecule has 0 N–H and O–H groups in total. The lowest BCUT2D eigenvalue weighted by Gasteiger charge is -2.08. The summed E-state index contributed by atoms with van der Waals surface area (Å²) in [4.78, 5) is 35.1. The molecule has 0 spiro atoms. The minimum absolute atomic E-state index is 0.225. The van der Waals surface area contributed by atoms with E-state index >= 15 is 0 Å². The Kier molecular flexibility index (Phi) is 10.7. The first-order valence-electron chi connectivity index (χ1n) is 12.7. The molecule has 0 heterocycles. The number of ether oxygens (including phenoxy) is 3. The van der Waals surface area contributed by atoms with Crippen molar-refractivity contribution in [2.24, 2.45) is 0 Å². The number of halogens is 1. The lowest BCUT2D eigenvalue weighted by atomic mass is 10.0. The predicted octanol–water partition coefficient (Wildman–Crippen LogP) is 6.44. The van der Waals surface area contributed by atoms with Gasteiger partial charge in [0.05, 0.1) is 13.2 Å². The summed E-state index contributed by atoms with van der Waals surface area (Å²) in [6.07, 6.45) is 3.77. The predicted molar refractivity (Wildman–Crippen MR) is 152 cm³/mol. The van der Waals surface area contributed by atoms with Gasteiger partial charge in [-0.25, -0.2) is 18.8 Å². The zero-order valence-corrected chi connectivity index (χ0v) is 22.6. The van der Waals surface area contributed by atoms with Gasteiger partial charge >= 0.3 is 17.9 Å². The van der Waals surface area contributed by atoms with Crippen LogP contribution in [0.4, 0.5) is 4.39 Å². The van der Waals surface area contributed by atoms with E-state index < -0.39 is 23.7 Å². The number of hydrogen-bond acceptors (Lipinski definition) is 6. The molecule has 40 heavy (non-hydrogen) atoms. The van der Waals surface area contributed by atoms with E-state index in [1.165, 1.54) is 18.2 Å². The van der Waals surface area contributed by atoms with Crippen LogP contribution in [-0.4, -0.2) is 31.1 Å². The lowest BCUT2D eigenvalue weighted by molar-refractivity contribution is -0.139. The molecule has 0 bridgehead atoms. The first-order valence-corrected chi connectivity index (χ1v) is 12.7. The van der Waals surface area contributed by atoms with E-state index in [0.29, 0.717) is 46.4 Å². The smallest absolute Gasteiger partial charge is 0.336 e. The summed E-state index contributed by atoms with van der Waals surface area (Å²) in [5.41, 5.74) is 4.20. The fourth-order valence-corrected chi connectivity index (χ4v) is 3.53. The van der Waals surface area contributed by atoms with Crippen LogP contribution in [0, 0.1) is 5.82 Å². The number of carbonyl (C=O) groups excluding carboxylic acids is 3. The summed E-state index contributed by atoms with van der Waals surface area (Å²) >= 11 is 0. The van der Waals surface area contributed by atoms with E-state index in [0.717, 1.165) is 11.1 Å². The van der Waals surface area contributed by atoms with Crippen LogP contribution < -0.4 is 4.74 Å². The minimum atomic E-state index is -0.600. The van der Waals surface area contributed by atoms with Crippen molar-refractivity contribution in [3.05, 3.63) is 120 Å². The van der Waals surface area contributed by atoms with Crippen LogP contribution in [0.3, 0.4) is 0 Å². The highest BCUT2D eigenvalue weighted by Gasteiger charge is 2.08. The largest absolute Gasteiger partial charge is 0.462 e. The Balaban J connectivity index is 1.51. The van der Waals surface area contributed by atoms with Gasteiger partial charge in [0, 0.05) is 35.6 Å². The van der Waals surface area contributed by atoms with Gasteiger partial charge in [0.1, 0.15) is 11.6 Å². The van der Waals surface area contributed by atoms with Gasteiger partial charge in [-0.3, -0.25) is 0 Å². The third-order valence-corrected chi connectivity index (χ3v) is 5.76. The topological polar surface area (TPSA) is 78.9 Å². The van der Waals surface area contributed by atoms with Crippen molar-refractivity contribution in [2.75, 3.05) is 13.2 Å². The Bertz CT molecular complexity index is 1420. The van der Waals surface area contributed by atoms with Crippen LogP contribution in [0.25, 0.3) is 17.2 Å². The van der Waals surface area contributed by atoms with Gasteiger partial charge in [0.15, 0.2) is 0 Å². The molecule has 3 rings (SSSR count). The van der Waals surface area contributed by atoms with E-state index in [1.807, 2.05) is 12.1 Å². The SMILES string of the molecule is C=C(C)C(=O)OCCc1ccc(OC(=O)/C=C/c2ccc(-c3ccc(CCOC(=O)C(=C)C)cc3)c(F)c2)cc1. The molecule has 0 saturated heterocycles. The van der Waals surface area contributed by atoms with Crippen LogP contribution in [0.15, 0.2) is 97.1 Å². The van der Waals surface area contributed by atoms with Crippen molar-refractivity contribution in [3.8, 4) is 16.9 Å². The second-order valence-corrected chi connectivity index (χ2v) is 9.17. The van der Waals surface area contributed by atoms with Crippen LogP contribution in [0.2, 0.25) is 0 Å². The molecule has 0 amide bonds. The van der Waals surface area contributed by atoms with E-state index in [4.69, 9.17) is 14.2 Å². The Morgan fingerprint density at radius 3 is 1.80 bits per heavy atom. The Morgan fingerprint density at radius 2 is 1.30 bits per heavy atom. The summed E-state index contributed by atoms with van der Waals surface area (Å²) in [6, 6.07) is 18.9. The summed E-state index contributed by atoms with van der Waals surface area (Å²) in [5, 5.41) is 0. The minimum Gasteiger partial charge on any atom is -0.462 e. The van der Waals surface area contributed by atoms with Gasteiger partial charge in [0.2, 0.25) is 0 Å². The molecule has 6 nitrogen and oxygen atoms in total. The zero-order valence-electron chi connectivity index (χ0n) is 22.6. The van der Waals surface area contributed by atoms with Gasteiger partial charge in [-0.15, -0.1) is 0 Å². The molecule has 0 atom stereocenters. The van der Waals surface area contributed by atoms with Crippen molar-refractivity contribution in [1.29, 1.82) is 0 Å². The Labute approximate surface area is 233 Å². The summed E-state index contributed by atoms with van der Waals surface area (Å²) in [7, 11) is 0. The summed E-state index contributed by atoms with van der Waals surface area (Å²) < 4.78 is 30.3. The first kappa shape index (κ1) is 29.8. The van der Waals surface area contributed by atoms with Crippen LogP contribution >= 0.6 is 0 Å². The Hall–Kier alpha value is -4.78. The van der Waals surface area contributed by atoms with E-state index in [2.05, 4.69) is 13.2 Å². The average molecular weight is 543 g/mol. The van der Waals surface area contributed by atoms with Gasteiger partial charge in [0.25, 0.3) is 0 Å². The molecular formula is C33H31FO6. The number of rotatable bonds is 12. The molecule has 206 valence electrons. The highest BCUT2D eigenvalue weighted by molar-refractivity contribution is 5.89. The van der Waals surface area contributed by atoms with Gasteiger partial charge in [-0.2, -0.15) is 0 Å². The van der Waals surface area contributed by atoms with Crippen molar-refractivity contribution in [3.63, 3.8) is 0 Å². The number of hydrogen-bond donors (Lipinski definition) is 0. The van der Waals surface area contributed by atoms with E-state index in [1.54, 1.807) is 62.4 Å². The molecule has 0 aliphatic rings. The molecule has 0 saturated carbocycles. The first-order chi connectivity index (χ1) is 19.1. The highest BCUT2D eigenvalue weighted by Crippen LogP contribution is 2.25. The standard InChI is InChI=1S/C33H31FO6/c1-22(2)32(36)38-19-17-24-5-11-27(12-6-24)29-15-9-26(21-30(29)34)10-16-31(35)40-28-13-7-25(8-14-28)18-20-39-33(37)23(3)4/h5-16,21H,1,3,17-20H2,2,4H3/b16-10+. The van der Waals surface area contributed by atoms with Crippen LogP contribution in [0.1, 0.15) is 30.5 Å². The van der Waals surface area contributed by atoms with Crippen molar-refractivity contribution in [2.45, 2.75) is 26.7 Å². The van der Waals surface area contributed by atoms with Gasteiger partial charge in [-0.05, 0) is 60.4 Å². The molecule has 0 aliphatic carbocycles. The molecule has 0 unspecified atom stereocenters. The second kappa shape index (κ2) is 14.4.